The Morgan fingerprint density at radius 2 is 1.03 bits per heavy atom. The summed E-state index contributed by atoms with van der Waals surface area (Å²) in [5.74, 6) is -2.30. The smallest absolute Gasteiger partial charge is 0.437 e. The van der Waals surface area contributed by atoms with Crippen LogP contribution in [0.4, 0.5) is 61.5 Å². The van der Waals surface area contributed by atoms with Crippen LogP contribution < -0.4 is 0 Å². The van der Waals surface area contributed by atoms with Gasteiger partial charge in [0.15, 0.2) is 5.82 Å². The summed E-state index contributed by atoms with van der Waals surface area (Å²) < 4.78 is 198. The van der Waals surface area contributed by atoms with Crippen molar-refractivity contribution in [1.29, 1.82) is 10.5 Å². The highest BCUT2D eigenvalue weighted by molar-refractivity contribution is 7.16. The normalized spacial score (nSPS) is 12.6. The summed E-state index contributed by atoms with van der Waals surface area (Å²) in [5.41, 5.74) is -14.2. The lowest BCUT2D eigenvalue weighted by Crippen LogP contribution is -2.51. The molecule has 0 atom stereocenters. The second kappa shape index (κ2) is 17.2. The third-order valence-electron chi connectivity index (χ3n) is 9.18. The zero-order chi connectivity index (χ0) is 49.0. The Kier molecular flexibility index (Phi) is 13.1. The number of hydrogen-bond acceptors (Lipinski definition) is 10. The van der Waals surface area contributed by atoms with Gasteiger partial charge in [0.1, 0.15) is 27.7 Å². The van der Waals surface area contributed by atoms with E-state index in [2.05, 4.69) is 19.7 Å². The van der Waals surface area contributed by atoms with E-state index in [1.54, 1.807) is 0 Å². The second-order valence-electron chi connectivity index (χ2n) is 13.0. The van der Waals surface area contributed by atoms with Gasteiger partial charge in [-0.25, -0.2) is 27.7 Å². The van der Waals surface area contributed by atoms with E-state index in [4.69, 9.17) is 16.9 Å². The molecule has 0 amide bonds. The Hall–Kier alpha value is -6.39. The number of alkyl halides is 14. The molecule has 29 heteroatoms. The van der Waals surface area contributed by atoms with Crippen molar-refractivity contribution in [2.75, 3.05) is 14.2 Å². The van der Waals surface area contributed by atoms with Crippen molar-refractivity contribution in [2.24, 2.45) is 14.1 Å². The first-order valence-corrected chi connectivity index (χ1v) is 19.0. The summed E-state index contributed by atoms with van der Waals surface area (Å²) in [7, 11) is 3.85. The summed E-state index contributed by atoms with van der Waals surface area (Å²) in [6, 6.07) is 7.76. The molecule has 6 aromatic heterocycles. The number of thiophene rings is 2. The van der Waals surface area contributed by atoms with E-state index >= 15 is 0 Å². The molecule has 0 saturated heterocycles. The van der Waals surface area contributed by atoms with Crippen molar-refractivity contribution in [3.63, 3.8) is 0 Å². The number of nitrogens with zero attached hydrogens (tertiary/aromatic N) is 8. The van der Waals surface area contributed by atoms with E-state index in [1.807, 2.05) is 12.1 Å². The quantitative estimate of drug-likeness (QED) is 0.108. The molecule has 6 heterocycles. The average molecular weight is 995 g/mol. The lowest BCUT2D eigenvalue weighted by molar-refractivity contribution is -0.351. The fraction of sp³-hybridized carbons (Fsp3) is 0.278. The van der Waals surface area contributed by atoms with Gasteiger partial charge in [-0.2, -0.15) is 73.4 Å². The predicted molar refractivity (Wildman–Crippen MR) is 199 cm³/mol. The Bertz CT molecular complexity index is 2840. The van der Waals surface area contributed by atoms with Gasteiger partial charge < -0.3 is 18.6 Å². The third-order valence-corrected chi connectivity index (χ3v) is 11.6. The molecule has 6 rings (SSSR count). The number of nitriles is 2. The Morgan fingerprint density at radius 1 is 0.631 bits per heavy atom. The van der Waals surface area contributed by atoms with E-state index in [9.17, 15) is 76.3 Å². The molecule has 0 saturated carbocycles. The van der Waals surface area contributed by atoms with Crippen LogP contribution in [0.1, 0.15) is 41.9 Å². The highest BCUT2D eigenvalue weighted by Crippen LogP contribution is 2.55. The fourth-order valence-corrected chi connectivity index (χ4v) is 8.18. The van der Waals surface area contributed by atoms with Crippen molar-refractivity contribution in [3.8, 4) is 44.7 Å². The number of carbonyl (C=O) groups is 2. The van der Waals surface area contributed by atoms with Gasteiger partial charge in [0, 0.05) is 47.4 Å². The van der Waals surface area contributed by atoms with Crippen LogP contribution in [0.3, 0.4) is 0 Å². The van der Waals surface area contributed by atoms with Crippen molar-refractivity contribution in [1.82, 2.24) is 28.7 Å². The molecule has 0 radical (unpaired) electrons. The fourth-order valence-electron chi connectivity index (χ4n) is 6.03. The topological polar surface area (TPSA) is 146 Å². The van der Waals surface area contributed by atoms with Gasteiger partial charge in [-0.05, 0) is 30.3 Å². The first-order chi connectivity index (χ1) is 29.9. The van der Waals surface area contributed by atoms with Crippen LogP contribution in [0.15, 0.2) is 55.1 Å². The van der Waals surface area contributed by atoms with E-state index in [0.29, 0.717) is 30.5 Å². The van der Waals surface area contributed by atoms with Crippen LogP contribution in [0.25, 0.3) is 32.5 Å². The highest BCUT2D eigenvalue weighted by atomic mass is 35.5. The SMILES string of the molecule is COC(=O)c1cc(-c2cnn(-c3c(Cl)cc(C(F)(C(F)(F)F)C(F)(F)F)n3C)c2)sc1C#N.COC(=O)c1cc(-c2cnn(-c3ccc(C(F)(C(F)(F)F)C(F)(F)F)n3C)c2)sc1C#N. The van der Waals surface area contributed by atoms with E-state index in [0.717, 1.165) is 66.4 Å². The van der Waals surface area contributed by atoms with Gasteiger partial charge in [0.2, 0.25) is 0 Å². The van der Waals surface area contributed by atoms with Crippen LogP contribution >= 0.6 is 34.3 Å². The molecule has 346 valence electrons. The zero-order valence-electron chi connectivity index (χ0n) is 32.4. The minimum absolute atomic E-state index is 0.0125. The molecule has 6 aromatic rings. The Labute approximate surface area is 366 Å². The number of halogens is 15. The summed E-state index contributed by atoms with van der Waals surface area (Å²) in [5, 5.41) is 25.5. The lowest BCUT2D eigenvalue weighted by atomic mass is 10.0. The van der Waals surface area contributed by atoms with Gasteiger partial charge >= 0.3 is 48.0 Å². The standard InChI is InChI=1S/C18H10ClF7N4O2S.C18H11F7N4O2S/c1-29-13(16(20,17(21,22)23)18(24,25)26)4-10(19)14(29)30-7-8(6-28-30)11-3-9(15(31)32-2)12(5-27)33-11;1-28-13(16(19,17(20,21)22)18(23,24)25)3-4-14(28)29-8-9(7-27-29)11-5-10(15(30)31-2)12(6-26)32-11/h3-4,6-7H,1-2H3;3-5,7-8H,1-2H3. The maximum absolute atomic E-state index is 14.5. The molecule has 65 heavy (non-hydrogen) atoms. The third kappa shape index (κ3) is 8.52. The summed E-state index contributed by atoms with van der Waals surface area (Å²) in [6.45, 7) is 0. The van der Waals surface area contributed by atoms with Gasteiger partial charge in [-0.3, -0.25) is 0 Å². The minimum atomic E-state index is -6.32. The highest BCUT2D eigenvalue weighted by Gasteiger charge is 2.76. The number of ether oxygens (including phenoxy) is 2. The molecular weight excluding hydrogens is 974 g/mol. The van der Waals surface area contributed by atoms with E-state index < -0.39 is 70.2 Å². The summed E-state index contributed by atoms with van der Waals surface area (Å²) in [6.07, 6.45) is -20.3. The molecule has 0 N–H and O–H groups in total. The summed E-state index contributed by atoms with van der Waals surface area (Å²) in [4.78, 5) is 24.3. The maximum Gasteiger partial charge on any atom is 0.437 e. The van der Waals surface area contributed by atoms with Crippen molar-refractivity contribution in [2.45, 2.75) is 36.0 Å². The van der Waals surface area contributed by atoms with Crippen molar-refractivity contribution < 1.29 is 80.5 Å². The second-order valence-corrected chi connectivity index (χ2v) is 15.5. The first-order valence-electron chi connectivity index (χ1n) is 16.9. The number of methoxy groups -OCH3 is 2. The van der Waals surface area contributed by atoms with Crippen molar-refractivity contribution >= 4 is 46.2 Å². The Balaban J connectivity index is 0.000000244. The number of carbonyl (C=O) groups excluding carboxylic acids is 2. The van der Waals surface area contributed by atoms with Gasteiger partial charge in [-0.1, -0.05) is 11.6 Å². The van der Waals surface area contributed by atoms with Gasteiger partial charge in [0.25, 0.3) is 0 Å². The van der Waals surface area contributed by atoms with Crippen LogP contribution in [0, 0.1) is 22.7 Å². The number of rotatable bonds is 8. The lowest BCUT2D eigenvalue weighted by Gasteiger charge is -2.30. The van der Waals surface area contributed by atoms with E-state index in [1.165, 1.54) is 36.9 Å². The molecular formula is C36H21ClF14N8O4S2. The number of esters is 2. The van der Waals surface area contributed by atoms with Crippen LogP contribution in [-0.2, 0) is 34.9 Å². The van der Waals surface area contributed by atoms with Gasteiger partial charge in [0.05, 0.1) is 54.2 Å². The summed E-state index contributed by atoms with van der Waals surface area (Å²) >= 11 is 7.66. The zero-order valence-corrected chi connectivity index (χ0v) is 34.8. The van der Waals surface area contributed by atoms with Crippen LogP contribution in [-0.4, -0.2) is 79.6 Å². The molecule has 0 fully saturated rings. The van der Waals surface area contributed by atoms with Crippen LogP contribution in [0.2, 0.25) is 5.02 Å². The minimum Gasteiger partial charge on any atom is -0.465 e. The first kappa shape index (κ1) is 49.6. The number of aromatic nitrogens is 6. The molecule has 0 bridgehead atoms. The van der Waals surface area contributed by atoms with E-state index in [-0.39, 0.29) is 38.3 Å². The van der Waals surface area contributed by atoms with Crippen LogP contribution in [0.5, 0.6) is 0 Å². The number of hydrogen-bond donors (Lipinski definition) is 0. The van der Waals surface area contributed by atoms with Gasteiger partial charge in [-0.15, -0.1) is 22.7 Å². The molecule has 0 aliphatic carbocycles. The van der Waals surface area contributed by atoms with Crippen molar-refractivity contribution in [3.05, 3.63) is 92.4 Å². The molecule has 0 aromatic carbocycles. The molecule has 0 unspecified atom stereocenters. The Morgan fingerprint density at radius 3 is 1.43 bits per heavy atom. The largest absolute Gasteiger partial charge is 0.465 e. The molecule has 0 aliphatic rings. The monoisotopic (exact) mass is 994 g/mol. The maximum atomic E-state index is 14.5. The molecule has 0 aliphatic heterocycles. The molecule has 12 nitrogen and oxygen atoms in total. The average Bonchev–Trinajstić information content (AvgIpc) is 4.07. The predicted octanol–water partition coefficient (Wildman–Crippen LogP) is 10.4. The molecule has 0 spiro atoms.